The van der Waals surface area contributed by atoms with Crippen LogP contribution < -0.4 is 10.1 Å². The molecule has 0 unspecified atom stereocenters. The van der Waals surface area contributed by atoms with Crippen molar-refractivity contribution < 1.29 is 19.1 Å². The third-order valence-corrected chi connectivity index (χ3v) is 6.16. The number of amides is 1. The van der Waals surface area contributed by atoms with Crippen LogP contribution in [0.5, 0.6) is 11.5 Å². The molecule has 5 atom stereocenters. The van der Waals surface area contributed by atoms with Crippen LogP contribution in [0.4, 0.5) is 5.69 Å². The van der Waals surface area contributed by atoms with E-state index >= 15 is 0 Å². The second-order valence-electron chi connectivity index (χ2n) is 7.85. The van der Waals surface area contributed by atoms with Gasteiger partial charge in [0.05, 0.1) is 11.8 Å². The minimum atomic E-state index is -0.260. The van der Waals surface area contributed by atoms with Gasteiger partial charge >= 0.3 is 5.97 Å². The summed E-state index contributed by atoms with van der Waals surface area (Å²) in [7, 11) is 0. The fourth-order valence-corrected chi connectivity index (χ4v) is 4.94. The lowest BCUT2D eigenvalue weighted by atomic mass is 9.79. The highest BCUT2D eigenvalue weighted by atomic mass is 16.6. The molecule has 2 saturated carbocycles. The second-order valence-corrected chi connectivity index (χ2v) is 7.85. The first-order valence-electron chi connectivity index (χ1n) is 9.44. The van der Waals surface area contributed by atoms with Crippen molar-refractivity contribution in [1.29, 1.82) is 0 Å². The minimum Gasteiger partial charge on any atom is -0.462 e. The molecule has 1 amide bonds. The molecule has 1 N–H and O–H groups in total. The summed E-state index contributed by atoms with van der Waals surface area (Å²) in [6, 6.07) is 15.2. The second kappa shape index (κ2) is 6.12. The van der Waals surface area contributed by atoms with Crippen LogP contribution in [0.25, 0.3) is 0 Å². The molecule has 3 fully saturated rings. The molecular formula is C22H21NO4. The largest absolute Gasteiger partial charge is 0.462 e. The normalized spacial score (nSPS) is 30.3. The van der Waals surface area contributed by atoms with Gasteiger partial charge in [-0.05, 0) is 62.1 Å². The number of nitrogens with one attached hydrogen (secondary N) is 1. The van der Waals surface area contributed by atoms with Crippen LogP contribution in [0.3, 0.4) is 0 Å². The third kappa shape index (κ3) is 2.78. The molecule has 1 saturated heterocycles. The molecule has 1 heterocycles. The number of fused-ring (bicyclic) bond motifs is 1. The molecule has 27 heavy (non-hydrogen) atoms. The molecule has 2 bridgehead atoms. The summed E-state index contributed by atoms with van der Waals surface area (Å²) in [6.07, 6.45) is 1.81. The highest BCUT2D eigenvalue weighted by molar-refractivity contribution is 5.97. The van der Waals surface area contributed by atoms with Crippen molar-refractivity contribution in [2.75, 3.05) is 5.32 Å². The lowest BCUT2D eigenvalue weighted by Crippen LogP contribution is -2.35. The van der Waals surface area contributed by atoms with Crippen molar-refractivity contribution in [3.8, 4) is 11.5 Å². The van der Waals surface area contributed by atoms with Gasteiger partial charge in [-0.2, -0.15) is 0 Å². The number of aryl methyl sites for hydroxylation is 1. The number of benzene rings is 2. The van der Waals surface area contributed by atoms with Crippen molar-refractivity contribution in [3.05, 3.63) is 54.1 Å². The Balaban J connectivity index is 1.25. The maximum atomic E-state index is 12.8. The smallest absolute Gasteiger partial charge is 0.310 e. The summed E-state index contributed by atoms with van der Waals surface area (Å²) in [5.41, 5.74) is 1.89. The van der Waals surface area contributed by atoms with Crippen LogP contribution >= 0.6 is 0 Å². The van der Waals surface area contributed by atoms with Crippen molar-refractivity contribution in [1.82, 2.24) is 0 Å². The highest BCUT2D eigenvalue weighted by Crippen LogP contribution is 2.57. The Bertz CT molecular complexity index is 888. The molecule has 138 valence electrons. The Morgan fingerprint density at radius 1 is 1.04 bits per heavy atom. The maximum absolute atomic E-state index is 12.8. The van der Waals surface area contributed by atoms with Crippen molar-refractivity contribution in [3.63, 3.8) is 0 Å². The minimum absolute atomic E-state index is 0.0507. The van der Waals surface area contributed by atoms with Gasteiger partial charge in [-0.25, -0.2) is 0 Å². The van der Waals surface area contributed by atoms with Gasteiger partial charge < -0.3 is 14.8 Å². The van der Waals surface area contributed by atoms with Crippen molar-refractivity contribution in [2.45, 2.75) is 25.9 Å². The first kappa shape index (κ1) is 16.4. The fraction of sp³-hybridized carbons (Fsp3) is 0.364. The Labute approximate surface area is 157 Å². The van der Waals surface area contributed by atoms with E-state index in [0.29, 0.717) is 11.4 Å². The van der Waals surface area contributed by atoms with Crippen LogP contribution in [0, 0.1) is 30.6 Å². The molecule has 0 aromatic heterocycles. The number of esters is 1. The Hall–Kier alpha value is -2.82. The van der Waals surface area contributed by atoms with Crippen molar-refractivity contribution in [2.24, 2.45) is 23.7 Å². The van der Waals surface area contributed by atoms with E-state index in [-0.39, 0.29) is 41.7 Å². The van der Waals surface area contributed by atoms with Crippen LogP contribution in [0.2, 0.25) is 0 Å². The first-order chi connectivity index (χ1) is 13.1. The maximum Gasteiger partial charge on any atom is 0.310 e. The predicted molar refractivity (Wildman–Crippen MR) is 99.4 cm³/mol. The van der Waals surface area contributed by atoms with Gasteiger partial charge in [0.25, 0.3) is 0 Å². The van der Waals surface area contributed by atoms with Gasteiger partial charge in [-0.1, -0.05) is 17.7 Å². The standard InChI is InChI=1S/C22H21NO4/c1-12-2-6-15(7-3-12)26-16-8-4-14(5-9-16)23-21(24)19-13-10-17-18(11-13)27-22(25)20(17)19/h2-9,13,17-20H,10-11H2,1H3,(H,23,24)/t13-,17+,18-,19-,20-/m1/s1. The molecule has 0 spiro atoms. The Morgan fingerprint density at radius 3 is 2.41 bits per heavy atom. The third-order valence-electron chi connectivity index (χ3n) is 6.16. The Morgan fingerprint density at radius 2 is 1.70 bits per heavy atom. The van der Waals surface area contributed by atoms with Crippen LogP contribution in [-0.2, 0) is 14.3 Å². The molecule has 5 rings (SSSR count). The zero-order valence-corrected chi connectivity index (χ0v) is 15.1. The number of hydrogen-bond donors (Lipinski definition) is 1. The number of ether oxygens (including phenoxy) is 2. The SMILES string of the molecule is Cc1ccc(Oc2ccc(NC(=O)[C@@H]3[C@@H]4C[C@@H]5[C@H]3C(=O)O[C@@H]5C4)cc2)cc1. The van der Waals surface area contributed by atoms with E-state index in [0.717, 1.165) is 18.6 Å². The molecule has 2 aromatic carbocycles. The summed E-state index contributed by atoms with van der Waals surface area (Å²) < 4.78 is 11.2. The average molecular weight is 363 g/mol. The van der Waals surface area contributed by atoms with Crippen LogP contribution in [-0.4, -0.2) is 18.0 Å². The van der Waals surface area contributed by atoms with Gasteiger partial charge in [-0.15, -0.1) is 0 Å². The van der Waals surface area contributed by atoms with Crippen LogP contribution in [0.15, 0.2) is 48.5 Å². The average Bonchev–Trinajstić information content (AvgIpc) is 3.27. The number of carbonyl (C=O) groups is 2. The van der Waals surface area contributed by atoms with E-state index < -0.39 is 0 Å². The van der Waals surface area contributed by atoms with E-state index in [9.17, 15) is 9.59 Å². The molecule has 0 radical (unpaired) electrons. The highest BCUT2D eigenvalue weighted by Gasteiger charge is 2.63. The van der Waals surface area contributed by atoms with E-state index in [1.807, 2.05) is 55.5 Å². The fourth-order valence-electron chi connectivity index (χ4n) is 4.94. The van der Waals surface area contributed by atoms with E-state index in [1.54, 1.807) is 0 Å². The van der Waals surface area contributed by atoms with Gasteiger partial charge in [-0.3, -0.25) is 9.59 Å². The summed E-state index contributed by atoms with van der Waals surface area (Å²) in [4.78, 5) is 24.9. The van der Waals surface area contributed by atoms with Gasteiger partial charge in [0.2, 0.25) is 5.91 Å². The van der Waals surface area contributed by atoms with E-state index in [2.05, 4.69) is 5.32 Å². The molecule has 5 nitrogen and oxygen atoms in total. The molecule has 1 aliphatic heterocycles. The zero-order chi connectivity index (χ0) is 18.5. The van der Waals surface area contributed by atoms with E-state index in [1.165, 1.54) is 5.56 Å². The first-order valence-corrected chi connectivity index (χ1v) is 9.44. The summed E-state index contributed by atoms with van der Waals surface area (Å²) >= 11 is 0. The van der Waals surface area contributed by atoms with E-state index in [4.69, 9.17) is 9.47 Å². The zero-order valence-electron chi connectivity index (χ0n) is 15.1. The predicted octanol–water partition coefficient (Wildman–Crippen LogP) is 3.92. The summed E-state index contributed by atoms with van der Waals surface area (Å²) in [5.74, 6) is 1.21. The number of anilines is 1. The molecular weight excluding hydrogens is 342 g/mol. The molecule has 3 aliphatic rings. The lowest BCUT2D eigenvalue weighted by Gasteiger charge is -2.23. The van der Waals surface area contributed by atoms with Gasteiger partial charge in [0.15, 0.2) is 0 Å². The molecule has 5 heteroatoms. The van der Waals surface area contributed by atoms with Crippen molar-refractivity contribution >= 4 is 17.6 Å². The molecule has 2 aliphatic carbocycles. The monoisotopic (exact) mass is 363 g/mol. The van der Waals surface area contributed by atoms with Gasteiger partial charge in [0, 0.05) is 11.6 Å². The topological polar surface area (TPSA) is 64.6 Å². The number of carbonyl (C=O) groups excluding carboxylic acids is 2. The van der Waals surface area contributed by atoms with Gasteiger partial charge in [0.1, 0.15) is 17.6 Å². The summed E-state index contributed by atoms with van der Waals surface area (Å²) in [6.45, 7) is 2.03. The Kier molecular flexibility index (Phi) is 3.71. The molecule has 2 aromatic rings. The van der Waals surface area contributed by atoms with Crippen LogP contribution in [0.1, 0.15) is 18.4 Å². The quantitative estimate of drug-likeness (QED) is 0.836. The number of rotatable bonds is 4. The number of hydrogen-bond acceptors (Lipinski definition) is 4. The lowest BCUT2D eigenvalue weighted by molar-refractivity contribution is -0.145. The summed E-state index contributed by atoms with van der Waals surface area (Å²) in [5, 5.41) is 2.97.